The molecule has 0 aliphatic carbocycles. The zero-order chi connectivity index (χ0) is 14.0. The minimum absolute atomic E-state index is 0.257. The van der Waals surface area contributed by atoms with Crippen molar-refractivity contribution in [3.05, 3.63) is 52.9 Å². The summed E-state index contributed by atoms with van der Waals surface area (Å²) in [7, 11) is 1.81. The number of nitrogens with one attached hydrogen (secondary N) is 1. The third-order valence-corrected chi connectivity index (χ3v) is 3.31. The average molecular weight is 266 g/mol. The smallest absolute Gasteiger partial charge is 0.162 e. The zero-order valence-electron chi connectivity index (χ0n) is 10.8. The highest BCUT2D eigenvalue weighted by Gasteiger charge is 2.18. The zero-order valence-corrected chi connectivity index (χ0v) is 10.8. The lowest BCUT2D eigenvalue weighted by atomic mass is 9.99. The van der Waals surface area contributed by atoms with Crippen LogP contribution >= 0.6 is 0 Å². The molecule has 0 saturated carbocycles. The van der Waals surface area contributed by atoms with Crippen molar-refractivity contribution >= 4 is 0 Å². The van der Waals surface area contributed by atoms with Gasteiger partial charge in [0.1, 0.15) is 0 Å². The summed E-state index contributed by atoms with van der Waals surface area (Å²) in [5.74, 6) is 3.84. The van der Waals surface area contributed by atoms with Crippen LogP contribution in [0.15, 0.2) is 24.4 Å². The summed E-state index contributed by atoms with van der Waals surface area (Å²) < 4.78 is 28.5. The molecule has 3 N–H and O–H groups in total. The quantitative estimate of drug-likeness (QED) is 0.655. The van der Waals surface area contributed by atoms with Crippen LogP contribution in [0.5, 0.6) is 0 Å². The molecule has 0 aliphatic rings. The fraction of sp³-hybridized carbons (Fsp3) is 0.308. The first kappa shape index (κ1) is 13.6. The molecule has 0 spiro atoms. The number of nitrogens with two attached hydrogens (primary N) is 1. The number of aromatic nitrogens is 2. The molecule has 1 unspecified atom stereocenters. The Balaban J connectivity index is 2.29. The number of hydrazine groups is 1. The molecule has 0 saturated heterocycles. The summed E-state index contributed by atoms with van der Waals surface area (Å²) in [5, 5.41) is 4.12. The van der Waals surface area contributed by atoms with E-state index in [1.54, 1.807) is 16.9 Å². The highest BCUT2D eigenvalue weighted by Crippen LogP contribution is 2.22. The van der Waals surface area contributed by atoms with Gasteiger partial charge < -0.3 is 0 Å². The van der Waals surface area contributed by atoms with Crippen molar-refractivity contribution in [3.63, 3.8) is 0 Å². The first-order valence-corrected chi connectivity index (χ1v) is 5.92. The Morgan fingerprint density at radius 2 is 2.16 bits per heavy atom. The van der Waals surface area contributed by atoms with Crippen LogP contribution in [0.25, 0.3) is 0 Å². The molecule has 4 nitrogen and oxygen atoms in total. The van der Waals surface area contributed by atoms with Crippen LogP contribution in [-0.2, 0) is 13.5 Å². The number of halogens is 2. The maximum atomic E-state index is 13.7. The number of hydrogen-bond donors (Lipinski definition) is 2. The molecular weight excluding hydrogens is 250 g/mol. The molecule has 0 bridgehead atoms. The Kier molecular flexibility index (Phi) is 3.92. The van der Waals surface area contributed by atoms with E-state index >= 15 is 0 Å². The van der Waals surface area contributed by atoms with Crippen molar-refractivity contribution in [1.82, 2.24) is 15.2 Å². The van der Waals surface area contributed by atoms with Crippen LogP contribution < -0.4 is 11.3 Å². The second-order valence-corrected chi connectivity index (χ2v) is 4.45. The molecule has 6 heteroatoms. The van der Waals surface area contributed by atoms with Crippen LogP contribution in [0.3, 0.4) is 0 Å². The van der Waals surface area contributed by atoms with Gasteiger partial charge in [-0.3, -0.25) is 16.0 Å². The van der Waals surface area contributed by atoms with Gasteiger partial charge in [-0.1, -0.05) is 12.1 Å². The first-order valence-electron chi connectivity index (χ1n) is 5.92. The molecule has 2 rings (SSSR count). The van der Waals surface area contributed by atoms with E-state index in [2.05, 4.69) is 10.5 Å². The number of nitrogens with zero attached hydrogens (tertiary/aromatic N) is 2. The van der Waals surface area contributed by atoms with Crippen LogP contribution in [0.1, 0.15) is 22.9 Å². The van der Waals surface area contributed by atoms with Gasteiger partial charge in [0.25, 0.3) is 0 Å². The minimum atomic E-state index is -0.851. The second kappa shape index (κ2) is 5.46. The summed E-state index contributed by atoms with van der Waals surface area (Å²) in [5.41, 5.74) is 4.71. The molecule has 0 radical (unpaired) electrons. The SMILES string of the molecule is Cc1c(C(Cc2cccc(F)c2F)NN)cnn1C. The Bertz CT molecular complexity index is 580. The van der Waals surface area contributed by atoms with Crippen LogP contribution in [0.2, 0.25) is 0 Å². The maximum Gasteiger partial charge on any atom is 0.162 e. The van der Waals surface area contributed by atoms with E-state index in [0.29, 0.717) is 0 Å². The van der Waals surface area contributed by atoms with E-state index in [0.717, 1.165) is 17.3 Å². The molecule has 0 amide bonds. The fourth-order valence-electron chi connectivity index (χ4n) is 2.04. The standard InChI is InChI=1S/C13H16F2N4/c1-8-10(7-17-19(8)2)12(18-16)6-9-4-3-5-11(14)13(9)15/h3-5,7,12,18H,6,16H2,1-2H3. The average Bonchev–Trinajstić information content (AvgIpc) is 2.72. The van der Waals surface area contributed by atoms with Crippen LogP contribution in [0, 0.1) is 18.6 Å². The number of rotatable bonds is 4. The Morgan fingerprint density at radius 3 is 2.74 bits per heavy atom. The van der Waals surface area contributed by atoms with Crippen molar-refractivity contribution < 1.29 is 8.78 Å². The van der Waals surface area contributed by atoms with E-state index < -0.39 is 11.6 Å². The van der Waals surface area contributed by atoms with E-state index in [4.69, 9.17) is 5.84 Å². The summed E-state index contributed by atoms with van der Waals surface area (Å²) in [6.07, 6.45) is 1.93. The van der Waals surface area contributed by atoms with Crippen molar-refractivity contribution in [2.45, 2.75) is 19.4 Å². The molecule has 102 valence electrons. The normalized spacial score (nSPS) is 12.7. The number of benzene rings is 1. The highest BCUT2D eigenvalue weighted by atomic mass is 19.2. The van der Waals surface area contributed by atoms with E-state index in [-0.39, 0.29) is 18.0 Å². The molecule has 19 heavy (non-hydrogen) atoms. The van der Waals surface area contributed by atoms with Gasteiger partial charge in [0.05, 0.1) is 12.2 Å². The summed E-state index contributed by atoms with van der Waals surface area (Å²) in [6, 6.07) is 3.82. The van der Waals surface area contributed by atoms with Crippen molar-refractivity contribution in [1.29, 1.82) is 0 Å². The number of aryl methyl sites for hydroxylation is 1. The molecule has 2 aromatic rings. The third-order valence-electron chi connectivity index (χ3n) is 3.31. The van der Waals surface area contributed by atoms with Crippen molar-refractivity contribution in [3.8, 4) is 0 Å². The Morgan fingerprint density at radius 1 is 1.42 bits per heavy atom. The van der Waals surface area contributed by atoms with E-state index in [1.807, 2.05) is 14.0 Å². The summed E-state index contributed by atoms with van der Waals surface area (Å²) in [4.78, 5) is 0. The molecule has 0 aliphatic heterocycles. The largest absolute Gasteiger partial charge is 0.273 e. The first-order chi connectivity index (χ1) is 9.04. The third kappa shape index (κ3) is 2.64. The lowest BCUT2D eigenvalue weighted by Gasteiger charge is -2.16. The van der Waals surface area contributed by atoms with Gasteiger partial charge in [0.15, 0.2) is 11.6 Å². The van der Waals surface area contributed by atoms with Gasteiger partial charge in [-0.2, -0.15) is 5.10 Å². The summed E-state index contributed by atoms with van der Waals surface area (Å²) in [6.45, 7) is 1.90. The van der Waals surface area contributed by atoms with Crippen molar-refractivity contribution in [2.75, 3.05) is 0 Å². The maximum absolute atomic E-state index is 13.7. The molecule has 1 aromatic carbocycles. The molecule has 1 atom stereocenters. The van der Waals surface area contributed by atoms with Crippen LogP contribution in [0.4, 0.5) is 8.78 Å². The van der Waals surface area contributed by atoms with Gasteiger partial charge >= 0.3 is 0 Å². The van der Waals surface area contributed by atoms with Gasteiger partial charge in [-0.25, -0.2) is 8.78 Å². The highest BCUT2D eigenvalue weighted by molar-refractivity contribution is 5.26. The van der Waals surface area contributed by atoms with Crippen molar-refractivity contribution in [2.24, 2.45) is 12.9 Å². The molecule has 1 heterocycles. The van der Waals surface area contributed by atoms with E-state index in [9.17, 15) is 8.78 Å². The minimum Gasteiger partial charge on any atom is -0.273 e. The molecule has 0 fully saturated rings. The monoisotopic (exact) mass is 266 g/mol. The van der Waals surface area contributed by atoms with E-state index in [1.165, 1.54) is 6.07 Å². The Hall–Kier alpha value is -1.79. The van der Waals surface area contributed by atoms with Gasteiger partial charge in [-0.15, -0.1) is 0 Å². The topological polar surface area (TPSA) is 55.9 Å². The Labute approximate surface area is 110 Å². The fourth-order valence-corrected chi connectivity index (χ4v) is 2.04. The predicted molar refractivity (Wildman–Crippen MR) is 68.1 cm³/mol. The molecular formula is C13H16F2N4. The van der Waals surface area contributed by atoms with Gasteiger partial charge in [0, 0.05) is 18.3 Å². The summed E-state index contributed by atoms with van der Waals surface area (Å²) >= 11 is 0. The van der Waals surface area contributed by atoms with Crippen LogP contribution in [-0.4, -0.2) is 9.78 Å². The number of hydrogen-bond acceptors (Lipinski definition) is 3. The lowest BCUT2D eigenvalue weighted by molar-refractivity contribution is 0.480. The lowest BCUT2D eigenvalue weighted by Crippen LogP contribution is -2.30. The predicted octanol–water partition coefficient (Wildman–Crippen LogP) is 1.75. The second-order valence-electron chi connectivity index (χ2n) is 4.45. The van der Waals surface area contributed by atoms with Gasteiger partial charge in [0.2, 0.25) is 0 Å². The molecule has 1 aromatic heterocycles. The van der Waals surface area contributed by atoms with Gasteiger partial charge in [-0.05, 0) is 25.0 Å².